The third-order valence-electron chi connectivity index (χ3n) is 5.48. The van der Waals surface area contributed by atoms with Crippen molar-refractivity contribution in [2.24, 2.45) is 0 Å². The van der Waals surface area contributed by atoms with Gasteiger partial charge in [-0.05, 0) is 56.0 Å². The average Bonchev–Trinajstić information content (AvgIpc) is 2.77. The van der Waals surface area contributed by atoms with Crippen LogP contribution in [0.1, 0.15) is 32.6 Å². The average molecular weight is 461 g/mol. The van der Waals surface area contributed by atoms with Crippen LogP contribution in [0.25, 0.3) is 0 Å². The number of carbonyl (C=O) groups excluding carboxylic acids is 1. The number of nitro groups is 1. The molecule has 172 valence electrons. The Bertz CT molecular complexity index is 1070. The third kappa shape index (κ3) is 5.56. The summed E-state index contributed by atoms with van der Waals surface area (Å²) >= 11 is 0. The second-order valence-corrected chi connectivity index (χ2v) is 9.70. The zero-order valence-corrected chi connectivity index (χ0v) is 19.0. The summed E-state index contributed by atoms with van der Waals surface area (Å²) in [5.41, 5.74) is 1.47. The lowest BCUT2D eigenvalue weighted by Crippen LogP contribution is -2.47. The van der Waals surface area contributed by atoms with Crippen LogP contribution in [0, 0.1) is 10.1 Å². The first kappa shape index (κ1) is 23.5. The first-order valence-corrected chi connectivity index (χ1v) is 12.4. The molecule has 0 unspecified atom stereocenters. The summed E-state index contributed by atoms with van der Waals surface area (Å²) in [6.45, 7) is 3.71. The van der Waals surface area contributed by atoms with Gasteiger partial charge in [-0.25, -0.2) is 8.42 Å². The van der Waals surface area contributed by atoms with E-state index in [0.717, 1.165) is 48.2 Å². The highest BCUT2D eigenvalue weighted by molar-refractivity contribution is 7.92. The monoisotopic (exact) mass is 460 g/mol. The van der Waals surface area contributed by atoms with E-state index in [1.807, 2.05) is 12.1 Å². The lowest BCUT2D eigenvalue weighted by Gasteiger charge is -2.30. The molecule has 9 nitrogen and oxygen atoms in total. The maximum atomic E-state index is 13.0. The van der Waals surface area contributed by atoms with E-state index in [1.165, 1.54) is 24.6 Å². The van der Waals surface area contributed by atoms with Crippen molar-refractivity contribution in [3.8, 4) is 0 Å². The van der Waals surface area contributed by atoms with Gasteiger partial charge in [0.05, 0.1) is 16.9 Å². The summed E-state index contributed by atoms with van der Waals surface area (Å²) in [7, 11) is -3.89. The van der Waals surface area contributed by atoms with E-state index >= 15 is 0 Å². The molecule has 1 saturated heterocycles. The Kier molecular flexibility index (Phi) is 7.34. The van der Waals surface area contributed by atoms with Gasteiger partial charge in [-0.15, -0.1) is 0 Å². The topological polar surface area (TPSA) is 113 Å². The molecule has 1 N–H and O–H groups in total. The fourth-order valence-electron chi connectivity index (χ4n) is 3.94. The first-order chi connectivity index (χ1) is 15.2. The second-order valence-electron chi connectivity index (χ2n) is 7.84. The quantitative estimate of drug-likeness (QED) is 0.474. The molecule has 2 aromatic carbocycles. The van der Waals surface area contributed by atoms with Crippen molar-refractivity contribution >= 4 is 38.7 Å². The Balaban J connectivity index is 1.82. The van der Waals surface area contributed by atoms with Gasteiger partial charge in [0.25, 0.3) is 5.69 Å². The molecule has 3 rings (SSSR count). The van der Waals surface area contributed by atoms with Crippen molar-refractivity contribution in [3.63, 3.8) is 0 Å². The molecular formula is C22H28N4O5S. The van der Waals surface area contributed by atoms with Gasteiger partial charge in [0.1, 0.15) is 6.04 Å². The lowest BCUT2D eigenvalue weighted by atomic mass is 10.1. The molecule has 1 atom stereocenters. The number of sulfonamides is 1. The number of hydrogen-bond acceptors (Lipinski definition) is 6. The molecule has 1 aliphatic rings. The Morgan fingerprint density at radius 3 is 2.38 bits per heavy atom. The smallest absolute Gasteiger partial charge is 0.271 e. The zero-order chi connectivity index (χ0) is 23.3. The molecule has 1 aliphatic heterocycles. The molecule has 1 heterocycles. The van der Waals surface area contributed by atoms with Crippen molar-refractivity contribution in [1.29, 1.82) is 0 Å². The summed E-state index contributed by atoms with van der Waals surface area (Å²) < 4.78 is 26.1. The second kappa shape index (κ2) is 9.99. The Morgan fingerprint density at radius 2 is 1.81 bits per heavy atom. The van der Waals surface area contributed by atoms with Crippen LogP contribution in [-0.4, -0.2) is 44.6 Å². The summed E-state index contributed by atoms with van der Waals surface area (Å²) in [4.78, 5) is 25.9. The number of nitro benzene ring substituents is 1. The minimum absolute atomic E-state index is 0.0733. The number of carbonyl (C=O) groups is 1. The van der Waals surface area contributed by atoms with Crippen LogP contribution >= 0.6 is 0 Å². The van der Waals surface area contributed by atoms with Crippen molar-refractivity contribution in [1.82, 2.24) is 0 Å². The zero-order valence-electron chi connectivity index (χ0n) is 18.2. The van der Waals surface area contributed by atoms with Crippen LogP contribution < -0.4 is 14.5 Å². The predicted octanol–water partition coefficient (Wildman–Crippen LogP) is 3.77. The predicted molar refractivity (Wildman–Crippen MR) is 126 cm³/mol. The SMILES string of the molecule is CC[C@@H](C(=O)Nc1ccc(N2CCCCC2)cc1)N(c1cccc([N+](=O)[O-])c1)S(C)(=O)=O. The van der Waals surface area contributed by atoms with E-state index < -0.39 is 26.9 Å². The molecule has 1 fully saturated rings. The minimum Gasteiger partial charge on any atom is -0.372 e. The van der Waals surface area contributed by atoms with Gasteiger partial charge < -0.3 is 10.2 Å². The highest BCUT2D eigenvalue weighted by atomic mass is 32.2. The van der Waals surface area contributed by atoms with Crippen LogP contribution in [-0.2, 0) is 14.8 Å². The van der Waals surface area contributed by atoms with Crippen LogP contribution in [0.3, 0.4) is 0 Å². The molecule has 10 heteroatoms. The van der Waals surface area contributed by atoms with Crippen molar-refractivity contribution in [2.75, 3.05) is 33.9 Å². The Hall–Kier alpha value is -3.14. The number of amides is 1. The van der Waals surface area contributed by atoms with Gasteiger partial charge in [-0.2, -0.15) is 0 Å². The van der Waals surface area contributed by atoms with E-state index in [4.69, 9.17) is 0 Å². The molecule has 0 spiro atoms. The maximum absolute atomic E-state index is 13.0. The number of anilines is 3. The largest absolute Gasteiger partial charge is 0.372 e. The third-order valence-corrected chi connectivity index (χ3v) is 6.66. The molecule has 32 heavy (non-hydrogen) atoms. The molecule has 0 radical (unpaired) electrons. The Labute approximate surface area is 188 Å². The lowest BCUT2D eigenvalue weighted by molar-refractivity contribution is -0.384. The number of benzene rings is 2. The summed E-state index contributed by atoms with van der Waals surface area (Å²) in [6, 6.07) is 11.7. The fraction of sp³-hybridized carbons (Fsp3) is 0.409. The van der Waals surface area contributed by atoms with Gasteiger partial charge in [0, 0.05) is 36.6 Å². The molecule has 0 saturated carbocycles. The molecule has 0 bridgehead atoms. The normalized spacial score (nSPS) is 15.1. The summed E-state index contributed by atoms with van der Waals surface area (Å²) in [5, 5.41) is 13.9. The number of piperidine rings is 1. The highest BCUT2D eigenvalue weighted by Crippen LogP contribution is 2.27. The van der Waals surface area contributed by atoms with Crippen LogP contribution in [0.2, 0.25) is 0 Å². The minimum atomic E-state index is -3.89. The van der Waals surface area contributed by atoms with Crippen molar-refractivity contribution in [3.05, 3.63) is 58.6 Å². The number of nitrogens with one attached hydrogen (secondary N) is 1. The first-order valence-electron chi connectivity index (χ1n) is 10.6. The molecule has 2 aromatic rings. The molecule has 1 amide bonds. The van der Waals surface area contributed by atoms with Gasteiger partial charge in [0.15, 0.2) is 0 Å². The van der Waals surface area contributed by atoms with Gasteiger partial charge in [-0.1, -0.05) is 13.0 Å². The van der Waals surface area contributed by atoms with E-state index in [1.54, 1.807) is 19.1 Å². The van der Waals surface area contributed by atoms with E-state index in [2.05, 4.69) is 10.2 Å². The number of nitrogens with zero attached hydrogens (tertiary/aromatic N) is 3. The van der Waals surface area contributed by atoms with E-state index in [-0.39, 0.29) is 17.8 Å². The van der Waals surface area contributed by atoms with Crippen LogP contribution in [0.5, 0.6) is 0 Å². The number of hydrogen-bond donors (Lipinski definition) is 1. The van der Waals surface area contributed by atoms with E-state index in [0.29, 0.717) is 5.69 Å². The number of non-ortho nitro benzene ring substituents is 1. The van der Waals surface area contributed by atoms with Crippen molar-refractivity contribution in [2.45, 2.75) is 38.6 Å². The highest BCUT2D eigenvalue weighted by Gasteiger charge is 2.32. The fourth-order valence-corrected chi connectivity index (χ4v) is 5.14. The number of rotatable bonds is 8. The Morgan fingerprint density at radius 1 is 1.16 bits per heavy atom. The summed E-state index contributed by atoms with van der Waals surface area (Å²) in [5.74, 6) is -0.504. The van der Waals surface area contributed by atoms with Crippen molar-refractivity contribution < 1.29 is 18.1 Å². The summed E-state index contributed by atoms with van der Waals surface area (Å²) in [6.07, 6.45) is 4.73. The van der Waals surface area contributed by atoms with Gasteiger partial charge in [0.2, 0.25) is 15.9 Å². The molecule has 0 aliphatic carbocycles. The maximum Gasteiger partial charge on any atom is 0.271 e. The van der Waals surface area contributed by atoms with Gasteiger partial charge >= 0.3 is 0 Å². The van der Waals surface area contributed by atoms with E-state index in [9.17, 15) is 23.3 Å². The molecular weight excluding hydrogens is 432 g/mol. The van der Waals surface area contributed by atoms with Crippen LogP contribution in [0.15, 0.2) is 48.5 Å². The van der Waals surface area contributed by atoms with Crippen LogP contribution in [0.4, 0.5) is 22.7 Å². The van der Waals surface area contributed by atoms with Gasteiger partial charge in [-0.3, -0.25) is 19.2 Å². The molecule has 0 aromatic heterocycles. The standard InChI is InChI=1S/C22H28N4O5S/c1-3-21(25(32(2,30)31)19-8-7-9-20(16-19)26(28)29)22(27)23-17-10-12-18(13-11-17)24-14-5-4-6-15-24/h7-13,16,21H,3-6,14-15H2,1-2H3,(H,23,27)/t21-/m0/s1.